The first-order valence-corrected chi connectivity index (χ1v) is 6.95. The molecular formula is C14H18F4N4. The maximum atomic E-state index is 13.7. The van der Waals surface area contributed by atoms with Crippen LogP contribution in [0.2, 0.25) is 0 Å². The standard InChI is InChI=1S/C14H18F4N4/c1-19-14(20-9-13(17)18)22-6-4-21(5-7-22)12-8-10(15)2-3-11(12)16/h2-3,8,13H,4-7,9H2,1H3,(H,19,20). The number of anilines is 1. The number of nitrogens with zero attached hydrogens (tertiary/aromatic N) is 3. The van der Waals surface area contributed by atoms with Gasteiger partial charge in [-0.2, -0.15) is 0 Å². The number of nitrogens with one attached hydrogen (secondary N) is 1. The van der Waals surface area contributed by atoms with Crippen LogP contribution in [-0.2, 0) is 0 Å². The molecule has 1 aliphatic rings. The van der Waals surface area contributed by atoms with Crippen LogP contribution in [0.15, 0.2) is 23.2 Å². The van der Waals surface area contributed by atoms with E-state index in [0.29, 0.717) is 32.1 Å². The molecule has 122 valence electrons. The van der Waals surface area contributed by atoms with Crippen molar-refractivity contribution in [2.75, 3.05) is 44.7 Å². The lowest BCUT2D eigenvalue weighted by molar-refractivity contribution is 0.150. The molecule has 22 heavy (non-hydrogen) atoms. The number of aliphatic imine (C=N–C) groups is 1. The summed E-state index contributed by atoms with van der Waals surface area (Å²) in [6, 6.07) is 3.33. The Hall–Kier alpha value is -1.99. The van der Waals surface area contributed by atoms with E-state index in [0.717, 1.165) is 18.2 Å². The van der Waals surface area contributed by atoms with E-state index in [1.54, 1.807) is 4.90 Å². The fraction of sp³-hybridized carbons (Fsp3) is 0.500. The van der Waals surface area contributed by atoms with Gasteiger partial charge in [0, 0.05) is 39.3 Å². The third-order valence-corrected chi connectivity index (χ3v) is 3.45. The van der Waals surface area contributed by atoms with Crippen molar-refractivity contribution in [3.63, 3.8) is 0 Å². The maximum Gasteiger partial charge on any atom is 0.255 e. The predicted octanol–water partition coefficient (Wildman–Crippen LogP) is 1.93. The van der Waals surface area contributed by atoms with E-state index >= 15 is 0 Å². The molecule has 0 atom stereocenters. The van der Waals surface area contributed by atoms with E-state index in [2.05, 4.69) is 10.3 Å². The summed E-state index contributed by atoms with van der Waals surface area (Å²) in [5, 5.41) is 2.59. The fourth-order valence-electron chi connectivity index (χ4n) is 2.39. The predicted molar refractivity (Wildman–Crippen MR) is 77.5 cm³/mol. The molecule has 8 heteroatoms. The molecule has 0 unspecified atom stereocenters. The van der Waals surface area contributed by atoms with E-state index < -0.39 is 24.6 Å². The number of hydrogen-bond donors (Lipinski definition) is 1. The number of rotatable bonds is 3. The van der Waals surface area contributed by atoms with Gasteiger partial charge in [0.05, 0.1) is 12.2 Å². The van der Waals surface area contributed by atoms with Crippen LogP contribution in [0.25, 0.3) is 0 Å². The Balaban J connectivity index is 1.96. The van der Waals surface area contributed by atoms with Crippen LogP contribution in [0, 0.1) is 11.6 Å². The molecule has 0 bridgehead atoms. The van der Waals surface area contributed by atoms with Crippen molar-refractivity contribution in [1.29, 1.82) is 0 Å². The molecule has 1 N–H and O–H groups in total. The molecule has 4 nitrogen and oxygen atoms in total. The molecule has 1 aromatic carbocycles. The first-order valence-electron chi connectivity index (χ1n) is 6.95. The number of hydrogen-bond acceptors (Lipinski definition) is 2. The highest BCUT2D eigenvalue weighted by atomic mass is 19.3. The van der Waals surface area contributed by atoms with Gasteiger partial charge in [0.1, 0.15) is 11.6 Å². The second kappa shape index (κ2) is 7.33. The molecule has 0 saturated carbocycles. The van der Waals surface area contributed by atoms with Gasteiger partial charge >= 0.3 is 0 Å². The molecule has 1 saturated heterocycles. The van der Waals surface area contributed by atoms with Gasteiger partial charge in [-0.3, -0.25) is 4.99 Å². The van der Waals surface area contributed by atoms with Gasteiger partial charge < -0.3 is 15.1 Å². The molecule has 1 heterocycles. The third-order valence-electron chi connectivity index (χ3n) is 3.45. The van der Waals surface area contributed by atoms with Crippen molar-refractivity contribution in [1.82, 2.24) is 10.2 Å². The summed E-state index contributed by atoms with van der Waals surface area (Å²) in [6.45, 7) is 1.41. The normalized spacial score (nSPS) is 16.4. The summed E-state index contributed by atoms with van der Waals surface area (Å²) in [5.41, 5.74) is 0.218. The Bertz CT molecular complexity index is 528. The Labute approximate surface area is 126 Å². The first-order chi connectivity index (χ1) is 10.5. The Kier molecular flexibility index (Phi) is 5.46. The summed E-state index contributed by atoms with van der Waals surface area (Å²) in [6.07, 6.45) is -2.46. The SMILES string of the molecule is CN=C(NCC(F)F)N1CCN(c2cc(F)ccc2F)CC1. The average molecular weight is 318 g/mol. The molecule has 0 aromatic heterocycles. The zero-order valence-corrected chi connectivity index (χ0v) is 12.2. The number of guanidine groups is 1. The van der Waals surface area contributed by atoms with Crippen molar-refractivity contribution in [2.45, 2.75) is 6.43 Å². The zero-order valence-electron chi connectivity index (χ0n) is 12.2. The number of alkyl halides is 2. The maximum absolute atomic E-state index is 13.7. The summed E-state index contributed by atoms with van der Waals surface area (Å²) in [4.78, 5) is 7.51. The average Bonchev–Trinajstić information content (AvgIpc) is 2.51. The van der Waals surface area contributed by atoms with Crippen molar-refractivity contribution in [3.8, 4) is 0 Å². The van der Waals surface area contributed by atoms with Crippen LogP contribution in [0.1, 0.15) is 0 Å². The van der Waals surface area contributed by atoms with Gasteiger partial charge in [-0.05, 0) is 12.1 Å². The molecule has 0 aliphatic carbocycles. The van der Waals surface area contributed by atoms with Crippen LogP contribution >= 0.6 is 0 Å². The lowest BCUT2D eigenvalue weighted by Crippen LogP contribution is -2.53. The lowest BCUT2D eigenvalue weighted by Gasteiger charge is -2.37. The first kappa shape index (κ1) is 16.4. The number of piperazine rings is 1. The van der Waals surface area contributed by atoms with Crippen molar-refractivity contribution >= 4 is 11.6 Å². The van der Waals surface area contributed by atoms with Crippen molar-refractivity contribution in [3.05, 3.63) is 29.8 Å². The quantitative estimate of drug-likeness (QED) is 0.525. The highest BCUT2D eigenvalue weighted by molar-refractivity contribution is 5.80. The van der Waals surface area contributed by atoms with Gasteiger partial charge in [0.2, 0.25) is 0 Å². The van der Waals surface area contributed by atoms with Gasteiger partial charge in [-0.15, -0.1) is 0 Å². The molecule has 0 amide bonds. The second-order valence-electron chi connectivity index (χ2n) is 4.89. The largest absolute Gasteiger partial charge is 0.366 e. The molecule has 1 aliphatic heterocycles. The third kappa shape index (κ3) is 4.02. The van der Waals surface area contributed by atoms with E-state index in [1.807, 2.05) is 4.90 Å². The van der Waals surface area contributed by atoms with Crippen LogP contribution in [0.5, 0.6) is 0 Å². The molecule has 1 fully saturated rings. The van der Waals surface area contributed by atoms with Crippen LogP contribution in [-0.4, -0.2) is 57.1 Å². The molecule has 2 rings (SSSR count). The minimum Gasteiger partial charge on any atom is -0.366 e. The van der Waals surface area contributed by atoms with Crippen LogP contribution in [0.4, 0.5) is 23.2 Å². The molecule has 0 spiro atoms. The summed E-state index contributed by atoms with van der Waals surface area (Å²) < 4.78 is 51.5. The molecule has 1 aromatic rings. The summed E-state index contributed by atoms with van der Waals surface area (Å²) >= 11 is 0. The smallest absolute Gasteiger partial charge is 0.255 e. The van der Waals surface area contributed by atoms with Gasteiger partial charge in [-0.25, -0.2) is 17.6 Å². The monoisotopic (exact) mass is 318 g/mol. The van der Waals surface area contributed by atoms with Gasteiger partial charge in [0.15, 0.2) is 5.96 Å². The zero-order chi connectivity index (χ0) is 16.1. The Morgan fingerprint density at radius 1 is 1.23 bits per heavy atom. The van der Waals surface area contributed by atoms with Crippen LogP contribution in [0.3, 0.4) is 0 Å². The second-order valence-corrected chi connectivity index (χ2v) is 4.89. The van der Waals surface area contributed by atoms with Crippen molar-refractivity contribution in [2.24, 2.45) is 4.99 Å². The van der Waals surface area contributed by atoms with E-state index in [1.165, 1.54) is 7.05 Å². The number of benzene rings is 1. The fourth-order valence-corrected chi connectivity index (χ4v) is 2.39. The van der Waals surface area contributed by atoms with E-state index in [9.17, 15) is 17.6 Å². The minimum absolute atomic E-state index is 0.218. The van der Waals surface area contributed by atoms with E-state index in [4.69, 9.17) is 0 Å². The Morgan fingerprint density at radius 2 is 1.91 bits per heavy atom. The molecular weight excluding hydrogens is 300 g/mol. The summed E-state index contributed by atoms with van der Waals surface area (Å²) in [5.74, 6) is -0.581. The highest BCUT2D eigenvalue weighted by Gasteiger charge is 2.22. The highest BCUT2D eigenvalue weighted by Crippen LogP contribution is 2.21. The Morgan fingerprint density at radius 3 is 2.50 bits per heavy atom. The minimum atomic E-state index is -2.46. The van der Waals surface area contributed by atoms with Gasteiger partial charge in [0.25, 0.3) is 6.43 Å². The summed E-state index contributed by atoms with van der Waals surface area (Å²) in [7, 11) is 1.52. The van der Waals surface area contributed by atoms with E-state index in [-0.39, 0.29) is 5.69 Å². The van der Waals surface area contributed by atoms with Crippen LogP contribution < -0.4 is 10.2 Å². The topological polar surface area (TPSA) is 30.9 Å². The lowest BCUT2D eigenvalue weighted by atomic mass is 10.2. The van der Waals surface area contributed by atoms with Gasteiger partial charge in [-0.1, -0.05) is 0 Å². The number of halogens is 4. The molecule has 0 radical (unpaired) electrons. The van der Waals surface area contributed by atoms with Crippen molar-refractivity contribution < 1.29 is 17.6 Å².